The van der Waals surface area contributed by atoms with Crippen LogP contribution in [0.5, 0.6) is 0 Å². The van der Waals surface area contributed by atoms with Crippen molar-refractivity contribution in [2.24, 2.45) is 0 Å². The Morgan fingerprint density at radius 3 is 2.60 bits per heavy atom. The van der Waals surface area contributed by atoms with Crippen molar-refractivity contribution in [2.75, 3.05) is 6.54 Å². The largest absolute Gasteiger partial charge is 0.481 e. The maximum absolute atomic E-state index is 13.2. The lowest BCUT2D eigenvalue weighted by Gasteiger charge is -2.28. The van der Waals surface area contributed by atoms with Gasteiger partial charge < -0.3 is 10.0 Å². The molecular weight excluding hydrogens is 261 g/mol. The van der Waals surface area contributed by atoms with Crippen LogP contribution in [0.1, 0.15) is 42.5 Å². The zero-order chi connectivity index (χ0) is 14.5. The fourth-order valence-electron chi connectivity index (χ4n) is 2.67. The average molecular weight is 279 g/mol. The third kappa shape index (κ3) is 3.56. The molecule has 0 aromatic heterocycles. The van der Waals surface area contributed by atoms with E-state index in [0.717, 1.165) is 25.7 Å². The summed E-state index contributed by atoms with van der Waals surface area (Å²) in [5, 5.41) is 8.80. The highest BCUT2D eigenvalue weighted by molar-refractivity contribution is 5.94. The summed E-state index contributed by atoms with van der Waals surface area (Å²) in [6.45, 7) is 0.176. The number of carbonyl (C=O) groups excluding carboxylic acids is 1. The summed E-state index contributed by atoms with van der Waals surface area (Å²) in [5.41, 5.74) is 0.280. The predicted octanol–water partition coefficient (Wildman–Crippen LogP) is 2.69. The van der Waals surface area contributed by atoms with E-state index in [1.807, 2.05) is 0 Å². The molecule has 0 radical (unpaired) electrons. The second kappa shape index (κ2) is 6.50. The van der Waals surface area contributed by atoms with Crippen molar-refractivity contribution in [3.05, 3.63) is 35.6 Å². The molecule has 1 aliphatic carbocycles. The van der Waals surface area contributed by atoms with Gasteiger partial charge in [0, 0.05) is 18.2 Å². The van der Waals surface area contributed by atoms with E-state index in [2.05, 4.69) is 0 Å². The third-order valence-corrected chi connectivity index (χ3v) is 3.66. The second-order valence-corrected chi connectivity index (χ2v) is 5.09. The van der Waals surface area contributed by atoms with Gasteiger partial charge in [-0.3, -0.25) is 9.59 Å². The van der Waals surface area contributed by atoms with Gasteiger partial charge in [0.25, 0.3) is 5.91 Å². The van der Waals surface area contributed by atoms with E-state index < -0.39 is 11.8 Å². The molecule has 0 spiro atoms. The SMILES string of the molecule is O=C(O)CCN(C(=O)c1cccc(F)c1)C1CCCC1. The molecule has 0 unspecified atom stereocenters. The lowest BCUT2D eigenvalue weighted by molar-refractivity contribution is -0.137. The van der Waals surface area contributed by atoms with Crippen LogP contribution in [0, 0.1) is 5.82 Å². The van der Waals surface area contributed by atoms with Crippen LogP contribution in [0.3, 0.4) is 0 Å². The predicted molar refractivity (Wildman–Crippen MR) is 71.9 cm³/mol. The minimum atomic E-state index is -0.931. The second-order valence-electron chi connectivity index (χ2n) is 5.09. The zero-order valence-corrected chi connectivity index (χ0v) is 11.2. The number of hydrogen-bond donors (Lipinski definition) is 1. The van der Waals surface area contributed by atoms with E-state index in [4.69, 9.17) is 5.11 Å². The first-order chi connectivity index (χ1) is 9.58. The fraction of sp³-hybridized carbons (Fsp3) is 0.467. The maximum atomic E-state index is 13.2. The first-order valence-corrected chi connectivity index (χ1v) is 6.86. The number of halogens is 1. The molecule has 20 heavy (non-hydrogen) atoms. The van der Waals surface area contributed by atoms with E-state index in [9.17, 15) is 14.0 Å². The van der Waals surface area contributed by atoms with Gasteiger partial charge in [0.15, 0.2) is 0 Å². The van der Waals surface area contributed by atoms with Gasteiger partial charge in [-0.15, -0.1) is 0 Å². The van der Waals surface area contributed by atoms with Gasteiger partial charge in [-0.05, 0) is 31.0 Å². The van der Waals surface area contributed by atoms with Crippen LogP contribution in [0.4, 0.5) is 4.39 Å². The molecule has 1 amide bonds. The average Bonchev–Trinajstić information content (AvgIpc) is 2.92. The van der Waals surface area contributed by atoms with E-state index in [1.165, 1.54) is 18.2 Å². The Balaban J connectivity index is 2.16. The Morgan fingerprint density at radius 1 is 1.30 bits per heavy atom. The van der Waals surface area contributed by atoms with Crippen LogP contribution in [-0.4, -0.2) is 34.5 Å². The van der Waals surface area contributed by atoms with Crippen molar-refractivity contribution in [1.82, 2.24) is 4.90 Å². The van der Waals surface area contributed by atoms with Gasteiger partial charge in [-0.1, -0.05) is 18.9 Å². The Hall–Kier alpha value is -1.91. The van der Waals surface area contributed by atoms with Crippen LogP contribution in [0.25, 0.3) is 0 Å². The van der Waals surface area contributed by atoms with Gasteiger partial charge in [-0.2, -0.15) is 0 Å². The molecule has 2 rings (SSSR count). The standard InChI is InChI=1S/C15H18FNO3/c16-12-5-3-4-11(10-12)15(20)17(9-8-14(18)19)13-6-1-2-7-13/h3-5,10,13H,1-2,6-9H2,(H,18,19). The molecular formula is C15H18FNO3. The summed E-state index contributed by atoms with van der Waals surface area (Å²) < 4.78 is 13.2. The van der Waals surface area contributed by atoms with Gasteiger partial charge in [0.05, 0.1) is 6.42 Å². The van der Waals surface area contributed by atoms with Crippen LogP contribution in [-0.2, 0) is 4.79 Å². The summed E-state index contributed by atoms with van der Waals surface area (Å²) in [7, 11) is 0. The van der Waals surface area contributed by atoms with Crippen molar-refractivity contribution in [3.63, 3.8) is 0 Å². The van der Waals surface area contributed by atoms with E-state index in [0.29, 0.717) is 0 Å². The first-order valence-electron chi connectivity index (χ1n) is 6.86. The molecule has 4 nitrogen and oxygen atoms in total. The lowest BCUT2D eigenvalue weighted by Crippen LogP contribution is -2.40. The fourth-order valence-corrected chi connectivity index (χ4v) is 2.67. The number of aliphatic carboxylic acids is 1. The van der Waals surface area contributed by atoms with Crippen molar-refractivity contribution >= 4 is 11.9 Å². The van der Waals surface area contributed by atoms with Gasteiger partial charge in [0.2, 0.25) is 0 Å². The molecule has 1 aromatic rings. The van der Waals surface area contributed by atoms with Gasteiger partial charge in [0.1, 0.15) is 5.82 Å². The first kappa shape index (κ1) is 14.5. The number of amides is 1. The molecule has 0 atom stereocenters. The molecule has 0 aliphatic heterocycles. The molecule has 1 aromatic carbocycles. The number of carboxylic acids is 1. The molecule has 0 heterocycles. The highest BCUT2D eigenvalue weighted by Crippen LogP contribution is 2.25. The molecule has 0 bridgehead atoms. The summed E-state index contributed by atoms with van der Waals surface area (Å²) in [6, 6.07) is 5.62. The minimum absolute atomic E-state index is 0.0742. The van der Waals surface area contributed by atoms with E-state index >= 15 is 0 Å². The number of rotatable bonds is 5. The van der Waals surface area contributed by atoms with Gasteiger partial charge in [-0.25, -0.2) is 4.39 Å². The smallest absolute Gasteiger partial charge is 0.305 e. The van der Waals surface area contributed by atoms with Crippen molar-refractivity contribution < 1.29 is 19.1 Å². The summed E-state index contributed by atoms with van der Waals surface area (Å²) in [6.07, 6.45) is 3.79. The van der Waals surface area contributed by atoms with Crippen molar-refractivity contribution in [2.45, 2.75) is 38.1 Å². The minimum Gasteiger partial charge on any atom is -0.481 e. The topological polar surface area (TPSA) is 57.6 Å². The summed E-state index contributed by atoms with van der Waals surface area (Å²) in [5.74, 6) is -1.67. The van der Waals surface area contributed by atoms with Crippen molar-refractivity contribution in [1.29, 1.82) is 0 Å². The normalized spacial score (nSPS) is 15.2. The number of benzene rings is 1. The maximum Gasteiger partial charge on any atom is 0.305 e. The monoisotopic (exact) mass is 279 g/mol. The summed E-state index contributed by atoms with van der Waals surface area (Å²) >= 11 is 0. The Morgan fingerprint density at radius 2 is 2.00 bits per heavy atom. The molecule has 1 N–H and O–H groups in total. The highest BCUT2D eigenvalue weighted by atomic mass is 19.1. The number of nitrogens with zero attached hydrogens (tertiary/aromatic N) is 1. The molecule has 1 saturated carbocycles. The number of carboxylic acid groups (broad SMARTS) is 1. The zero-order valence-electron chi connectivity index (χ0n) is 11.2. The van der Waals surface area contributed by atoms with Crippen LogP contribution in [0.2, 0.25) is 0 Å². The third-order valence-electron chi connectivity index (χ3n) is 3.66. The molecule has 1 fully saturated rings. The molecule has 0 saturated heterocycles. The van der Waals surface area contributed by atoms with Crippen LogP contribution >= 0.6 is 0 Å². The Bertz CT molecular complexity index is 498. The highest BCUT2D eigenvalue weighted by Gasteiger charge is 2.27. The van der Waals surface area contributed by atoms with Gasteiger partial charge >= 0.3 is 5.97 Å². The lowest BCUT2D eigenvalue weighted by atomic mass is 10.1. The summed E-state index contributed by atoms with van der Waals surface area (Å²) in [4.78, 5) is 24.8. The quantitative estimate of drug-likeness (QED) is 0.901. The molecule has 5 heteroatoms. The van der Waals surface area contributed by atoms with E-state index in [-0.39, 0.29) is 30.5 Å². The molecule has 108 valence electrons. The molecule has 1 aliphatic rings. The van der Waals surface area contributed by atoms with Crippen LogP contribution < -0.4 is 0 Å². The van der Waals surface area contributed by atoms with Crippen LogP contribution in [0.15, 0.2) is 24.3 Å². The van der Waals surface area contributed by atoms with E-state index in [1.54, 1.807) is 11.0 Å². The Labute approximate surface area is 117 Å². The number of hydrogen-bond acceptors (Lipinski definition) is 2. The Kier molecular flexibility index (Phi) is 4.71. The number of carbonyl (C=O) groups is 2. The van der Waals surface area contributed by atoms with Crippen molar-refractivity contribution in [3.8, 4) is 0 Å².